The molecular formula is C45H72N10O15. The Morgan fingerprint density at radius 1 is 0.557 bits per heavy atom. The summed E-state index contributed by atoms with van der Waals surface area (Å²) < 4.78 is 0. The van der Waals surface area contributed by atoms with Crippen molar-refractivity contribution in [1.82, 2.24) is 42.5 Å². The summed E-state index contributed by atoms with van der Waals surface area (Å²) in [7, 11) is 0. The van der Waals surface area contributed by atoms with Crippen molar-refractivity contribution in [3.05, 3.63) is 35.9 Å². The Balaban J connectivity index is 3.18. The Morgan fingerprint density at radius 2 is 1.06 bits per heavy atom. The molecule has 1 aromatic carbocycles. The summed E-state index contributed by atoms with van der Waals surface area (Å²) in [5, 5.41) is 57.7. The molecular weight excluding hydrogens is 921 g/mol. The summed E-state index contributed by atoms with van der Waals surface area (Å²) >= 11 is 0. The zero-order valence-electron chi connectivity index (χ0n) is 40.5. The van der Waals surface area contributed by atoms with Crippen molar-refractivity contribution in [3.63, 3.8) is 0 Å². The maximum Gasteiger partial charge on any atom is 0.326 e. The topological polar surface area (TPSA) is 417 Å². The monoisotopic (exact) mass is 993 g/mol. The van der Waals surface area contributed by atoms with Crippen LogP contribution >= 0.6 is 0 Å². The molecule has 70 heavy (non-hydrogen) atoms. The molecule has 0 aliphatic heterocycles. The highest BCUT2D eigenvalue weighted by atomic mass is 16.4. The summed E-state index contributed by atoms with van der Waals surface area (Å²) in [6.07, 6.45) is -2.68. The second-order valence-corrected chi connectivity index (χ2v) is 17.6. The van der Waals surface area contributed by atoms with Crippen molar-refractivity contribution >= 4 is 65.2 Å². The highest BCUT2D eigenvalue weighted by Crippen LogP contribution is 2.10. The van der Waals surface area contributed by atoms with E-state index in [0.29, 0.717) is 24.8 Å². The van der Waals surface area contributed by atoms with Crippen LogP contribution in [0.1, 0.15) is 98.5 Å². The number of rotatable bonds is 33. The Labute approximate surface area is 406 Å². The van der Waals surface area contributed by atoms with Crippen molar-refractivity contribution in [3.8, 4) is 0 Å². The van der Waals surface area contributed by atoms with Gasteiger partial charge in [-0.1, -0.05) is 58.0 Å². The highest BCUT2D eigenvalue weighted by Gasteiger charge is 2.34. The summed E-state index contributed by atoms with van der Waals surface area (Å²) in [6.45, 7) is 8.76. The molecule has 25 heteroatoms. The molecule has 1 aromatic rings. The second kappa shape index (κ2) is 31.4. The number of carbonyl (C=O) groups excluding carboxylic acids is 8. The minimum Gasteiger partial charge on any atom is -0.481 e. The van der Waals surface area contributed by atoms with Crippen LogP contribution in [0.25, 0.3) is 0 Å². The predicted octanol–water partition coefficient (Wildman–Crippen LogP) is -2.89. The van der Waals surface area contributed by atoms with E-state index in [1.54, 1.807) is 44.2 Å². The predicted molar refractivity (Wildman–Crippen MR) is 251 cm³/mol. The van der Waals surface area contributed by atoms with E-state index in [-0.39, 0.29) is 25.3 Å². The van der Waals surface area contributed by atoms with E-state index in [1.165, 1.54) is 13.8 Å². The van der Waals surface area contributed by atoms with Crippen LogP contribution in [0.3, 0.4) is 0 Å². The van der Waals surface area contributed by atoms with Gasteiger partial charge < -0.3 is 74.4 Å². The second-order valence-electron chi connectivity index (χ2n) is 17.6. The molecule has 8 amide bonds. The van der Waals surface area contributed by atoms with E-state index in [1.807, 2.05) is 13.8 Å². The number of benzene rings is 1. The van der Waals surface area contributed by atoms with Gasteiger partial charge in [0.15, 0.2) is 0 Å². The van der Waals surface area contributed by atoms with Crippen LogP contribution in [-0.4, -0.2) is 153 Å². The number of nitrogens with one attached hydrogen (secondary N) is 8. The molecule has 0 saturated heterocycles. The van der Waals surface area contributed by atoms with Gasteiger partial charge in [0.1, 0.15) is 42.3 Å². The number of nitrogens with two attached hydrogens (primary N) is 2. The molecule has 0 saturated carbocycles. The molecule has 16 N–H and O–H groups in total. The zero-order chi connectivity index (χ0) is 53.2. The molecule has 0 aliphatic rings. The first kappa shape index (κ1) is 61.3. The van der Waals surface area contributed by atoms with Crippen LogP contribution in [0.2, 0.25) is 0 Å². The number of unbranched alkanes of at least 4 members (excludes halogenated alkanes) is 1. The van der Waals surface area contributed by atoms with Crippen molar-refractivity contribution < 1.29 is 73.2 Å². The van der Waals surface area contributed by atoms with Gasteiger partial charge in [0.25, 0.3) is 0 Å². The van der Waals surface area contributed by atoms with E-state index in [2.05, 4.69) is 42.5 Å². The van der Waals surface area contributed by atoms with Gasteiger partial charge in [0, 0.05) is 19.3 Å². The number of carboxylic acids is 3. The van der Waals surface area contributed by atoms with Crippen molar-refractivity contribution in [2.45, 2.75) is 154 Å². The maximum atomic E-state index is 13.8. The molecule has 0 aromatic heterocycles. The molecule has 25 nitrogen and oxygen atoms in total. The minimum absolute atomic E-state index is 0.0193. The lowest BCUT2D eigenvalue weighted by Crippen LogP contribution is -2.60. The van der Waals surface area contributed by atoms with Gasteiger partial charge in [0.2, 0.25) is 47.3 Å². The number of hydrogen-bond donors (Lipinski definition) is 14. The fourth-order valence-corrected chi connectivity index (χ4v) is 6.69. The van der Waals surface area contributed by atoms with E-state index >= 15 is 0 Å². The van der Waals surface area contributed by atoms with Crippen LogP contribution in [0.4, 0.5) is 0 Å². The lowest BCUT2D eigenvalue weighted by Gasteiger charge is -2.28. The van der Waals surface area contributed by atoms with Gasteiger partial charge in [0.05, 0.1) is 18.7 Å². The number of aliphatic hydroxyl groups excluding tert-OH is 1. The fourth-order valence-electron chi connectivity index (χ4n) is 6.69. The number of amides is 8. The zero-order valence-corrected chi connectivity index (χ0v) is 40.5. The molecule has 0 heterocycles. The molecule has 0 fully saturated rings. The smallest absolute Gasteiger partial charge is 0.326 e. The molecule has 0 radical (unpaired) electrons. The Morgan fingerprint density at radius 3 is 1.56 bits per heavy atom. The minimum atomic E-state index is -1.62. The van der Waals surface area contributed by atoms with E-state index in [9.17, 15) is 73.2 Å². The van der Waals surface area contributed by atoms with Crippen LogP contribution in [0.5, 0.6) is 0 Å². The normalized spacial score (nSPS) is 15.0. The van der Waals surface area contributed by atoms with Crippen molar-refractivity contribution in [1.29, 1.82) is 0 Å². The Kier molecular flexibility index (Phi) is 27.5. The quantitative estimate of drug-likeness (QED) is 0.0314. The van der Waals surface area contributed by atoms with Gasteiger partial charge in [-0.05, 0) is 76.3 Å². The van der Waals surface area contributed by atoms with Crippen molar-refractivity contribution in [2.75, 3.05) is 13.1 Å². The van der Waals surface area contributed by atoms with E-state index in [4.69, 9.17) is 11.5 Å². The highest BCUT2D eigenvalue weighted by molar-refractivity contribution is 5.97. The third kappa shape index (κ3) is 23.5. The van der Waals surface area contributed by atoms with Crippen LogP contribution in [0.15, 0.2) is 30.3 Å². The molecule has 392 valence electrons. The van der Waals surface area contributed by atoms with Crippen LogP contribution < -0.4 is 54.0 Å². The molecule has 0 spiro atoms. The van der Waals surface area contributed by atoms with Crippen LogP contribution in [0, 0.1) is 11.8 Å². The number of carbonyl (C=O) groups is 11. The summed E-state index contributed by atoms with van der Waals surface area (Å²) in [4.78, 5) is 141. The number of hydrogen-bond acceptors (Lipinski definition) is 14. The SMILES string of the molecule is CC(C)C[C@H](N)C(=O)N[C@H](C(=O)NCC(=O)N[C@@H](CCCCN)C(=O)N[C@H](C(=O)N[C@@H](CCC(=O)O)C(=O)N[C@@H](C)C(=O)N[C@@H](CCC(=O)O)C(=O)N[C@@H](Cc1ccccc1)C(=O)O)C(C)C)[C@@H](C)O. The number of carboxylic acid groups (broad SMARTS) is 3. The first-order chi connectivity index (χ1) is 32.8. The summed E-state index contributed by atoms with van der Waals surface area (Å²) in [5.74, 6) is -12.1. The molecule has 1 rings (SSSR count). The standard InChI is InChI=1S/C45H72N10O15/c1-23(2)20-28(47)39(63)55-37(26(6)56)43(67)48-22-33(57)50-29(14-10-11-19-46)42(66)54-36(24(3)4)44(68)52-30(15-17-34(58)59)40(64)49-25(5)38(62)51-31(16-18-35(60)61)41(65)53-32(45(69)70)21-27-12-8-7-9-13-27/h7-9,12-13,23-26,28-32,36-37,56H,10-11,14-22,46-47H2,1-6H3,(H,48,67)(H,49,64)(H,50,57)(H,51,62)(H,52,68)(H,53,65)(H,54,66)(H,55,63)(H,58,59)(H,60,61)(H,69,70)/t25-,26+,28-,29-,30-,31-,32-,36-,37-/m0/s1. The molecule has 0 unspecified atom stereocenters. The number of aliphatic hydroxyl groups is 1. The van der Waals surface area contributed by atoms with Gasteiger partial charge >= 0.3 is 17.9 Å². The first-order valence-electron chi connectivity index (χ1n) is 23.0. The van der Waals surface area contributed by atoms with Crippen LogP contribution in [-0.2, 0) is 59.2 Å². The lowest BCUT2D eigenvalue weighted by atomic mass is 10.0. The largest absolute Gasteiger partial charge is 0.481 e. The third-order valence-electron chi connectivity index (χ3n) is 10.6. The van der Waals surface area contributed by atoms with E-state index in [0.717, 1.165) is 0 Å². The molecule has 9 atom stereocenters. The average Bonchev–Trinajstić information content (AvgIpc) is 3.27. The molecule has 0 aliphatic carbocycles. The average molecular weight is 993 g/mol. The van der Waals surface area contributed by atoms with Gasteiger partial charge in [-0.2, -0.15) is 0 Å². The van der Waals surface area contributed by atoms with Gasteiger partial charge in [-0.15, -0.1) is 0 Å². The summed E-state index contributed by atoms with van der Waals surface area (Å²) in [5.41, 5.74) is 12.1. The van der Waals surface area contributed by atoms with Crippen molar-refractivity contribution in [2.24, 2.45) is 23.3 Å². The molecule has 0 bridgehead atoms. The lowest BCUT2D eigenvalue weighted by molar-refractivity contribution is -0.143. The third-order valence-corrected chi connectivity index (χ3v) is 10.6. The Hall–Kier alpha value is -6.73. The van der Waals surface area contributed by atoms with Gasteiger partial charge in [-0.25, -0.2) is 4.79 Å². The maximum absolute atomic E-state index is 13.8. The van der Waals surface area contributed by atoms with E-state index < -0.39 is 158 Å². The fraction of sp³-hybridized carbons (Fsp3) is 0.622. The number of aliphatic carboxylic acids is 3. The first-order valence-corrected chi connectivity index (χ1v) is 23.0. The Bertz CT molecular complexity index is 1950. The van der Waals surface area contributed by atoms with Gasteiger partial charge in [-0.3, -0.25) is 47.9 Å². The summed E-state index contributed by atoms with van der Waals surface area (Å²) in [6, 6.07) is -3.00.